The zero-order valence-electron chi connectivity index (χ0n) is 11.6. The number of hydrogen-bond donors (Lipinski definition) is 3. The van der Waals surface area contributed by atoms with Gasteiger partial charge in [0.15, 0.2) is 0 Å². The second-order valence-electron chi connectivity index (χ2n) is 5.21. The summed E-state index contributed by atoms with van der Waals surface area (Å²) in [5.74, 6) is -0.138. The number of carbonyl (C=O) groups excluding carboxylic acids is 1. The van der Waals surface area contributed by atoms with Crippen LogP contribution in [0, 0.1) is 0 Å². The zero-order valence-corrected chi connectivity index (χ0v) is 12.5. The molecule has 2 aromatic rings. The maximum absolute atomic E-state index is 12.3. The molecule has 1 aliphatic carbocycles. The molecule has 1 atom stereocenters. The van der Waals surface area contributed by atoms with Gasteiger partial charge in [0.1, 0.15) is 10.7 Å². The molecule has 0 bridgehead atoms. The Kier molecular flexibility index (Phi) is 3.90. The molecule has 0 radical (unpaired) electrons. The Labute approximate surface area is 127 Å². The van der Waals surface area contributed by atoms with Gasteiger partial charge in [0.05, 0.1) is 6.04 Å². The van der Waals surface area contributed by atoms with Crippen molar-refractivity contribution in [2.75, 3.05) is 5.73 Å². The van der Waals surface area contributed by atoms with Gasteiger partial charge in [-0.3, -0.25) is 4.79 Å². The molecule has 3 rings (SSSR count). The molecule has 0 saturated heterocycles. The summed E-state index contributed by atoms with van der Waals surface area (Å²) in [4.78, 5) is 16.5. The third kappa shape index (κ3) is 2.91. The number of nitrogens with two attached hydrogens (primary N) is 2. The Balaban J connectivity index is 1.78. The molecule has 0 spiro atoms. The second-order valence-corrected chi connectivity index (χ2v) is 6.15. The number of benzene rings is 1. The summed E-state index contributed by atoms with van der Waals surface area (Å²) < 4.78 is 0. The van der Waals surface area contributed by atoms with Gasteiger partial charge in [0.25, 0.3) is 5.91 Å². The van der Waals surface area contributed by atoms with Crippen LogP contribution in [0.25, 0.3) is 0 Å². The molecule has 21 heavy (non-hydrogen) atoms. The topological polar surface area (TPSA) is 94.0 Å². The van der Waals surface area contributed by atoms with Gasteiger partial charge in [0, 0.05) is 17.6 Å². The van der Waals surface area contributed by atoms with E-state index >= 15 is 0 Å². The van der Waals surface area contributed by atoms with E-state index in [4.69, 9.17) is 11.5 Å². The van der Waals surface area contributed by atoms with Gasteiger partial charge in [-0.1, -0.05) is 6.07 Å². The third-order valence-electron chi connectivity index (χ3n) is 3.75. The first kappa shape index (κ1) is 14.0. The summed E-state index contributed by atoms with van der Waals surface area (Å²) in [5.41, 5.74) is 15.0. The van der Waals surface area contributed by atoms with Crippen LogP contribution in [-0.4, -0.2) is 10.9 Å². The summed E-state index contributed by atoms with van der Waals surface area (Å²) in [6.45, 7) is 0.365. The van der Waals surface area contributed by atoms with Crippen molar-refractivity contribution in [3.05, 3.63) is 45.4 Å². The van der Waals surface area contributed by atoms with Crippen molar-refractivity contribution in [3.8, 4) is 0 Å². The van der Waals surface area contributed by atoms with Crippen LogP contribution in [0.5, 0.6) is 0 Å². The predicted octanol–water partition coefficient (Wildman–Crippen LogP) is 1.99. The Morgan fingerprint density at radius 2 is 2.33 bits per heavy atom. The number of nitrogens with one attached hydrogen (secondary N) is 1. The van der Waals surface area contributed by atoms with E-state index in [9.17, 15) is 4.79 Å². The number of nitrogens with zero attached hydrogens (tertiary/aromatic N) is 1. The minimum Gasteiger partial charge on any atom is -0.399 e. The highest BCUT2D eigenvalue weighted by Gasteiger charge is 2.23. The maximum Gasteiger partial charge on any atom is 0.271 e. The van der Waals surface area contributed by atoms with Gasteiger partial charge in [0.2, 0.25) is 0 Å². The number of carbonyl (C=O) groups is 1. The number of nitrogen functional groups attached to an aromatic ring is 1. The molecule has 1 aromatic heterocycles. The lowest BCUT2D eigenvalue weighted by Crippen LogP contribution is -2.31. The molecule has 0 saturated carbocycles. The van der Waals surface area contributed by atoms with E-state index in [-0.39, 0.29) is 11.9 Å². The molecule has 1 aliphatic rings. The van der Waals surface area contributed by atoms with Crippen LogP contribution in [0.1, 0.15) is 45.5 Å². The first-order valence-corrected chi connectivity index (χ1v) is 7.89. The fourth-order valence-corrected chi connectivity index (χ4v) is 3.38. The first-order chi connectivity index (χ1) is 10.2. The molecule has 1 heterocycles. The average molecular weight is 302 g/mol. The van der Waals surface area contributed by atoms with Gasteiger partial charge < -0.3 is 16.8 Å². The fraction of sp³-hybridized carbons (Fsp3) is 0.333. The van der Waals surface area contributed by atoms with Gasteiger partial charge in [-0.25, -0.2) is 4.98 Å². The van der Waals surface area contributed by atoms with Gasteiger partial charge >= 0.3 is 0 Å². The Morgan fingerprint density at radius 3 is 3.10 bits per heavy atom. The van der Waals surface area contributed by atoms with Gasteiger partial charge in [-0.05, 0) is 42.5 Å². The smallest absolute Gasteiger partial charge is 0.271 e. The van der Waals surface area contributed by atoms with Crippen molar-refractivity contribution in [2.45, 2.75) is 31.8 Å². The Morgan fingerprint density at radius 1 is 1.48 bits per heavy atom. The molecule has 0 aliphatic heterocycles. The van der Waals surface area contributed by atoms with E-state index in [1.54, 1.807) is 5.38 Å². The van der Waals surface area contributed by atoms with Crippen molar-refractivity contribution in [2.24, 2.45) is 5.73 Å². The largest absolute Gasteiger partial charge is 0.399 e. The Hall–Kier alpha value is -1.92. The SMILES string of the molecule is NCc1nc(C(=O)NC2CCCc3cc(N)ccc32)cs1. The molecule has 1 aromatic carbocycles. The molecular formula is C15H18N4OS. The van der Waals surface area contributed by atoms with Crippen molar-refractivity contribution in [1.82, 2.24) is 10.3 Å². The van der Waals surface area contributed by atoms with Crippen molar-refractivity contribution in [1.29, 1.82) is 0 Å². The number of aromatic nitrogens is 1. The molecular weight excluding hydrogens is 284 g/mol. The van der Waals surface area contributed by atoms with Crippen LogP contribution in [-0.2, 0) is 13.0 Å². The predicted molar refractivity (Wildman–Crippen MR) is 84.0 cm³/mol. The highest BCUT2D eigenvalue weighted by atomic mass is 32.1. The van der Waals surface area contributed by atoms with E-state index in [1.165, 1.54) is 16.9 Å². The first-order valence-electron chi connectivity index (χ1n) is 7.01. The van der Waals surface area contributed by atoms with E-state index in [0.29, 0.717) is 12.2 Å². The Bertz CT molecular complexity index is 667. The zero-order chi connectivity index (χ0) is 14.8. The molecule has 1 unspecified atom stereocenters. The van der Waals surface area contributed by atoms with Crippen LogP contribution in [0.15, 0.2) is 23.6 Å². The molecule has 1 amide bonds. The third-order valence-corrected chi connectivity index (χ3v) is 4.62. The summed E-state index contributed by atoms with van der Waals surface area (Å²) in [5, 5.41) is 5.60. The van der Waals surface area contributed by atoms with E-state index in [0.717, 1.165) is 35.5 Å². The standard InChI is InChI=1S/C15H18N4OS/c16-7-14-18-13(8-21-14)15(20)19-12-3-1-2-9-6-10(17)4-5-11(9)12/h4-6,8,12H,1-3,7,16-17H2,(H,19,20). The molecule has 6 heteroatoms. The number of rotatable bonds is 3. The monoisotopic (exact) mass is 302 g/mol. The summed E-state index contributed by atoms with van der Waals surface area (Å²) in [6, 6.07) is 5.94. The highest BCUT2D eigenvalue weighted by molar-refractivity contribution is 7.09. The van der Waals surface area contributed by atoms with Crippen LogP contribution < -0.4 is 16.8 Å². The van der Waals surface area contributed by atoms with Crippen molar-refractivity contribution < 1.29 is 4.79 Å². The quantitative estimate of drug-likeness (QED) is 0.756. The number of hydrogen-bond acceptors (Lipinski definition) is 5. The molecule has 5 N–H and O–H groups in total. The summed E-state index contributed by atoms with van der Waals surface area (Å²) in [6.07, 6.45) is 3.00. The normalized spacial score (nSPS) is 17.3. The number of anilines is 1. The van der Waals surface area contributed by atoms with E-state index in [2.05, 4.69) is 10.3 Å². The van der Waals surface area contributed by atoms with Crippen LogP contribution in [0.4, 0.5) is 5.69 Å². The lowest BCUT2D eigenvalue weighted by Gasteiger charge is -2.26. The lowest BCUT2D eigenvalue weighted by atomic mass is 9.87. The van der Waals surface area contributed by atoms with E-state index < -0.39 is 0 Å². The minimum atomic E-state index is -0.138. The lowest BCUT2D eigenvalue weighted by molar-refractivity contribution is 0.0928. The molecule has 110 valence electrons. The van der Waals surface area contributed by atoms with Crippen molar-refractivity contribution in [3.63, 3.8) is 0 Å². The van der Waals surface area contributed by atoms with E-state index in [1.807, 2.05) is 18.2 Å². The van der Waals surface area contributed by atoms with Crippen LogP contribution in [0.2, 0.25) is 0 Å². The number of aryl methyl sites for hydroxylation is 1. The fourth-order valence-electron chi connectivity index (χ4n) is 2.73. The van der Waals surface area contributed by atoms with Crippen LogP contribution >= 0.6 is 11.3 Å². The summed E-state index contributed by atoms with van der Waals surface area (Å²) >= 11 is 1.41. The summed E-state index contributed by atoms with van der Waals surface area (Å²) in [7, 11) is 0. The molecule has 5 nitrogen and oxygen atoms in total. The number of thiazole rings is 1. The van der Waals surface area contributed by atoms with Gasteiger partial charge in [-0.15, -0.1) is 11.3 Å². The van der Waals surface area contributed by atoms with Crippen LogP contribution in [0.3, 0.4) is 0 Å². The number of fused-ring (bicyclic) bond motifs is 1. The van der Waals surface area contributed by atoms with Crippen molar-refractivity contribution >= 4 is 22.9 Å². The highest BCUT2D eigenvalue weighted by Crippen LogP contribution is 2.31. The molecule has 0 fully saturated rings. The maximum atomic E-state index is 12.3. The second kappa shape index (κ2) is 5.83. The average Bonchev–Trinajstić information content (AvgIpc) is 2.96. The number of amides is 1. The van der Waals surface area contributed by atoms with Gasteiger partial charge in [-0.2, -0.15) is 0 Å². The minimum absolute atomic E-state index is 0.0323.